The van der Waals surface area contributed by atoms with E-state index in [1.54, 1.807) is 6.26 Å². The summed E-state index contributed by atoms with van der Waals surface area (Å²) in [5, 5.41) is 12.7. The average molecular weight is 278 g/mol. The second kappa shape index (κ2) is 6.18. The number of nitrogens with zero attached hydrogens (tertiary/aromatic N) is 2. The predicted octanol–water partition coefficient (Wildman–Crippen LogP) is 2.24. The van der Waals surface area contributed by atoms with Gasteiger partial charge in [-0.25, -0.2) is 4.98 Å². The van der Waals surface area contributed by atoms with Crippen molar-refractivity contribution in [1.82, 2.24) is 4.98 Å². The molecule has 16 heavy (non-hydrogen) atoms. The van der Waals surface area contributed by atoms with Gasteiger partial charge in [0, 0.05) is 28.9 Å². The molecule has 0 aliphatic carbocycles. The van der Waals surface area contributed by atoms with E-state index in [0.717, 1.165) is 6.42 Å². The Balaban J connectivity index is 2.53. The summed E-state index contributed by atoms with van der Waals surface area (Å²) in [7, 11) is -0.780. The highest BCUT2D eigenvalue weighted by molar-refractivity contribution is 7.84. The smallest absolute Gasteiger partial charge is 0.185 e. The topological polar surface area (TPSA) is 65.8 Å². The molecule has 7 heteroatoms. The van der Waals surface area contributed by atoms with Crippen molar-refractivity contribution in [3.05, 3.63) is 10.0 Å². The van der Waals surface area contributed by atoms with Crippen molar-refractivity contribution in [1.29, 1.82) is 5.26 Å². The predicted molar refractivity (Wildman–Crippen MR) is 68.5 cm³/mol. The first-order valence-corrected chi connectivity index (χ1v) is 7.58. The molecule has 88 valence electrons. The van der Waals surface area contributed by atoms with E-state index in [1.807, 2.05) is 13.0 Å². The molecule has 1 heterocycles. The number of rotatable bonds is 5. The SMILES string of the molecule is CC(CCS(C)=O)Nc1nc(Cl)c(C#N)s1. The third-order valence-electron chi connectivity index (χ3n) is 1.90. The normalized spacial score (nSPS) is 14.1. The highest BCUT2D eigenvalue weighted by atomic mass is 35.5. The van der Waals surface area contributed by atoms with Gasteiger partial charge in [-0.1, -0.05) is 22.9 Å². The van der Waals surface area contributed by atoms with Gasteiger partial charge in [0.25, 0.3) is 0 Å². The lowest BCUT2D eigenvalue weighted by molar-refractivity contribution is 0.678. The minimum Gasteiger partial charge on any atom is -0.359 e. The molecule has 2 atom stereocenters. The van der Waals surface area contributed by atoms with Crippen LogP contribution >= 0.6 is 22.9 Å². The van der Waals surface area contributed by atoms with Crippen LogP contribution in [-0.4, -0.2) is 27.2 Å². The maximum atomic E-state index is 10.9. The van der Waals surface area contributed by atoms with E-state index in [2.05, 4.69) is 10.3 Å². The molecule has 1 aromatic heterocycles. The monoisotopic (exact) mass is 277 g/mol. The second-order valence-electron chi connectivity index (χ2n) is 3.36. The number of anilines is 1. The quantitative estimate of drug-likeness (QED) is 0.896. The van der Waals surface area contributed by atoms with Gasteiger partial charge in [0.15, 0.2) is 10.3 Å². The number of hydrogen-bond donors (Lipinski definition) is 1. The molecule has 0 bridgehead atoms. The average Bonchev–Trinajstić information content (AvgIpc) is 2.55. The summed E-state index contributed by atoms with van der Waals surface area (Å²) in [6, 6.07) is 2.14. The summed E-state index contributed by atoms with van der Waals surface area (Å²) in [5.41, 5.74) is 0. The molecule has 4 nitrogen and oxygen atoms in total. The lowest BCUT2D eigenvalue weighted by atomic mass is 10.3. The van der Waals surface area contributed by atoms with Gasteiger partial charge in [0.2, 0.25) is 0 Å². The molecule has 1 N–H and O–H groups in total. The van der Waals surface area contributed by atoms with Crippen molar-refractivity contribution in [2.24, 2.45) is 0 Å². The van der Waals surface area contributed by atoms with E-state index in [0.29, 0.717) is 15.8 Å². The van der Waals surface area contributed by atoms with Crippen molar-refractivity contribution < 1.29 is 4.21 Å². The number of thiazole rings is 1. The first-order valence-electron chi connectivity index (χ1n) is 4.66. The minimum absolute atomic E-state index is 0.164. The third kappa shape index (κ3) is 4.08. The van der Waals surface area contributed by atoms with Crippen LogP contribution < -0.4 is 5.32 Å². The zero-order valence-electron chi connectivity index (χ0n) is 8.99. The van der Waals surface area contributed by atoms with Crippen molar-refractivity contribution in [3.63, 3.8) is 0 Å². The van der Waals surface area contributed by atoms with Crippen LogP contribution in [0.3, 0.4) is 0 Å². The Hall–Kier alpha value is -0.640. The Morgan fingerprint density at radius 1 is 1.75 bits per heavy atom. The molecule has 0 saturated heterocycles. The molecule has 2 unspecified atom stereocenters. The largest absolute Gasteiger partial charge is 0.359 e. The molecule has 0 aromatic carbocycles. The van der Waals surface area contributed by atoms with Crippen LogP contribution in [0, 0.1) is 11.3 Å². The summed E-state index contributed by atoms with van der Waals surface area (Å²) < 4.78 is 10.9. The van der Waals surface area contributed by atoms with Gasteiger partial charge in [-0.2, -0.15) is 5.26 Å². The third-order valence-corrected chi connectivity index (χ3v) is 3.98. The van der Waals surface area contributed by atoms with Crippen molar-refractivity contribution in [3.8, 4) is 6.07 Å². The molecule has 1 rings (SSSR count). The van der Waals surface area contributed by atoms with E-state index in [1.165, 1.54) is 11.3 Å². The van der Waals surface area contributed by atoms with Crippen molar-refractivity contribution in [2.75, 3.05) is 17.3 Å². The Labute approximate surface area is 106 Å². The molecule has 1 aromatic rings. The molecule has 0 fully saturated rings. The Kier molecular flexibility index (Phi) is 5.19. The maximum Gasteiger partial charge on any atom is 0.185 e. The van der Waals surface area contributed by atoms with Crippen LogP contribution in [0.2, 0.25) is 5.15 Å². The fraction of sp³-hybridized carbons (Fsp3) is 0.556. The summed E-state index contributed by atoms with van der Waals surface area (Å²) in [6.07, 6.45) is 2.48. The molecule has 0 aliphatic heterocycles. The fourth-order valence-electron chi connectivity index (χ4n) is 1.06. The van der Waals surface area contributed by atoms with E-state index in [4.69, 9.17) is 16.9 Å². The molecule has 0 saturated carbocycles. The lowest BCUT2D eigenvalue weighted by Crippen LogP contribution is -2.17. The fourth-order valence-corrected chi connectivity index (χ4v) is 2.80. The first-order chi connectivity index (χ1) is 7.52. The summed E-state index contributed by atoms with van der Waals surface area (Å²) in [6.45, 7) is 1.98. The number of aromatic nitrogens is 1. The zero-order chi connectivity index (χ0) is 12.1. The standard InChI is InChI=1S/C9H12ClN3OS2/c1-6(3-4-16(2)14)12-9-13-8(10)7(5-11)15-9/h6H,3-4H2,1-2H3,(H,12,13). The highest BCUT2D eigenvalue weighted by Gasteiger charge is 2.10. The number of nitrogens with one attached hydrogen (secondary N) is 1. The number of nitriles is 1. The van der Waals surface area contributed by atoms with E-state index < -0.39 is 10.8 Å². The van der Waals surface area contributed by atoms with Crippen LogP contribution in [0.5, 0.6) is 0 Å². The van der Waals surface area contributed by atoms with Gasteiger partial charge >= 0.3 is 0 Å². The van der Waals surface area contributed by atoms with Crippen LogP contribution in [0.1, 0.15) is 18.2 Å². The van der Waals surface area contributed by atoms with Crippen molar-refractivity contribution >= 4 is 38.9 Å². The molecule has 0 radical (unpaired) electrons. The summed E-state index contributed by atoms with van der Waals surface area (Å²) in [4.78, 5) is 4.44. The maximum absolute atomic E-state index is 10.9. The molecule has 0 aliphatic rings. The van der Waals surface area contributed by atoms with Crippen molar-refractivity contribution in [2.45, 2.75) is 19.4 Å². The highest BCUT2D eigenvalue weighted by Crippen LogP contribution is 2.26. The van der Waals surface area contributed by atoms with Gasteiger partial charge < -0.3 is 5.32 Å². The van der Waals surface area contributed by atoms with Crippen LogP contribution in [-0.2, 0) is 10.8 Å². The zero-order valence-corrected chi connectivity index (χ0v) is 11.4. The first kappa shape index (κ1) is 13.4. The van der Waals surface area contributed by atoms with Gasteiger partial charge in [-0.05, 0) is 13.3 Å². The van der Waals surface area contributed by atoms with Gasteiger partial charge in [-0.15, -0.1) is 0 Å². The number of hydrogen-bond acceptors (Lipinski definition) is 5. The van der Waals surface area contributed by atoms with Crippen LogP contribution in [0.4, 0.5) is 5.13 Å². The summed E-state index contributed by atoms with van der Waals surface area (Å²) >= 11 is 6.98. The lowest BCUT2D eigenvalue weighted by Gasteiger charge is -2.11. The minimum atomic E-state index is -0.780. The van der Waals surface area contributed by atoms with Gasteiger partial charge in [0.05, 0.1) is 0 Å². The molecular weight excluding hydrogens is 266 g/mol. The second-order valence-corrected chi connectivity index (χ2v) is 6.27. The Morgan fingerprint density at radius 3 is 2.94 bits per heavy atom. The van der Waals surface area contributed by atoms with E-state index in [9.17, 15) is 4.21 Å². The Bertz CT molecular complexity index is 427. The van der Waals surface area contributed by atoms with Crippen LogP contribution in [0.25, 0.3) is 0 Å². The molecular formula is C9H12ClN3OS2. The Morgan fingerprint density at radius 2 is 2.44 bits per heavy atom. The molecule has 0 amide bonds. The van der Waals surface area contributed by atoms with E-state index >= 15 is 0 Å². The van der Waals surface area contributed by atoms with Gasteiger partial charge in [-0.3, -0.25) is 4.21 Å². The van der Waals surface area contributed by atoms with E-state index in [-0.39, 0.29) is 11.2 Å². The van der Waals surface area contributed by atoms with Gasteiger partial charge in [0.1, 0.15) is 10.9 Å². The number of halogens is 1. The summed E-state index contributed by atoms with van der Waals surface area (Å²) in [5.74, 6) is 0.651. The van der Waals surface area contributed by atoms with Crippen LogP contribution in [0.15, 0.2) is 0 Å². The molecule has 0 spiro atoms.